The van der Waals surface area contributed by atoms with Gasteiger partial charge in [-0.1, -0.05) is 23.7 Å². The summed E-state index contributed by atoms with van der Waals surface area (Å²) < 4.78 is 1.30. The number of nitrogens with zero attached hydrogens (tertiary/aromatic N) is 3. The number of H-pyrrole nitrogens is 1. The quantitative estimate of drug-likeness (QED) is 0.728. The number of nitrogens with one attached hydrogen (secondary N) is 1. The molecule has 0 aliphatic carbocycles. The van der Waals surface area contributed by atoms with Gasteiger partial charge >= 0.3 is 0 Å². The maximum Gasteiger partial charge on any atom is 0.274 e. The van der Waals surface area contributed by atoms with Crippen LogP contribution in [-0.2, 0) is 0 Å². The monoisotopic (exact) mass is 260 g/mol. The van der Waals surface area contributed by atoms with Crippen LogP contribution in [0.15, 0.2) is 35.1 Å². The number of fused-ring (bicyclic) bond motifs is 1. The lowest BCUT2D eigenvalue weighted by molar-refractivity contribution is 0.892. The first-order valence-corrected chi connectivity index (χ1v) is 5.74. The minimum absolute atomic E-state index is 0.191. The summed E-state index contributed by atoms with van der Waals surface area (Å²) in [4.78, 5) is 20.2. The second-order valence-electron chi connectivity index (χ2n) is 3.92. The van der Waals surface area contributed by atoms with Crippen LogP contribution in [0.4, 0.5) is 0 Å². The molecule has 1 aromatic carbocycles. The Kier molecular flexibility index (Phi) is 2.41. The van der Waals surface area contributed by atoms with Gasteiger partial charge in [-0.15, -0.1) is 0 Å². The van der Waals surface area contributed by atoms with E-state index >= 15 is 0 Å². The summed E-state index contributed by atoms with van der Waals surface area (Å²) in [5, 5.41) is 3.46. The predicted molar refractivity (Wildman–Crippen MR) is 68.8 cm³/mol. The van der Waals surface area contributed by atoms with E-state index in [-0.39, 0.29) is 5.56 Å². The van der Waals surface area contributed by atoms with Crippen molar-refractivity contribution >= 4 is 17.4 Å². The summed E-state index contributed by atoms with van der Waals surface area (Å²) in [6.45, 7) is 1.76. The van der Waals surface area contributed by atoms with Crippen molar-refractivity contribution in [2.24, 2.45) is 0 Å². The fourth-order valence-electron chi connectivity index (χ4n) is 1.77. The molecule has 0 spiro atoms. The van der Waals surface area contributed by atoms with Crippen molar-refractivity contribution in [1.82, 2.24) is 19.6 Å². The summed E-state index contributed by atoms with van der Waals surface area (Å²) in [7, 11) is 0. The summed E-state index contributed by atoms with van der Waals surface area (Å²) in [5.41, 5.74) is 1.18. The van der Waals surface area contributed by atoms with E-state index in [2.05, 4.69) is 15.1 Å². The van der Waals surface area contributed by atoms with E-state index in [1.807, 2.05) is 18.2 Å². The van der Waals surface area contributed by atoms with Crippen molar-refractivity contribution in [3.63, 3.8) is 0 Å². The molecule has 0 atom stereocenters. The van der Waals surface area contributed by atoms with Gasteiger partial charge in [-0.25, -0.2) is 4.98 Å². The van der Waals surface area contributed by atoms with Gasteiger partial charge in [0.05, 0.1) is 5.02 Å². The number of aromatic nitrogens is 4. The van der Waals surface area contributed by atoms with Crippen molar-refractivity contribution < 1.29 is 0 Å². The topological polar surface area (TPSA) is 63.0 Å². The van der Waals surface area contributed by atoms with E-state index in [1.165, 1.54) is 10.6 Å². The molecule has 0 bridgehead atoms. The van der Waals surface area contributed by atoms with Gasteiger partial charge < -0.3 is 0 Å². The highest BCUT2D eigenvalue weighted by atomic mass is 35.5. The first kappa shape index (κ1) is 11.0. The van der Waals surface area contributed by atoms with Crippen LogP contribution in [0.2, 0.25) is 5.02 Å². The third-order valence-electron chi connectivity index (χ3n) is 2.59. The minimum Gasteiger partial charge on any atom is -0.271 e. The Labute approximate surface area is 107 Å². The molecule has 0 amide bonds. The Bertz CT molecular complexity index is 790. The number of hydrogen-bond acceptors (Lipinski definition) is 3. The minimum atomic E-state index is -0.191. The smallest absolute Gasteiger partial charge is 0.271 e. The highest BCUT2D eigenvalue weighted by molar-refractivity contribution is 6.33. The van der Waals surface area contributed by atoms with Crippen LogP contribution in [0, 0.1) is 6.92 Å². The molecular weight excluding hydrogens is 252 g/mol. The molecule has 0 saturated carbocycles. The van der Waals surface area contributed by atoms with Crippen LogP contribution in [0.25, 0.3) is 17.2 Å². The molecule has 0 saturated heterocycles. The Morgan fingerprint density at radius 2 is 2.06 bits per heavy atom. The molecular formula is C12H9ClN4O. The molecule has 1 N–H and O–H groups in total. The molecule has 6 heteroatoms. The number of hydrogen-bond donors (Lipinski definition) is 1. The number of aryl methyl sites for hydroxylation is 1. The van der Waals surface area contributed by atoms with E-state index in [0.717, 1.165) is 5.56 Å². The molecule has 0 radical (unpaired) electrons. The molecule has 18 heavy (non-hydrogen) atoms. The van der Waals surface area contributed by atoms with E-state index < -0.39 is 0 Å². The van der Waals surface area contributed by atoms with Crippen molar-refractivity contribution in [2.75, 3.05) is 0 Å². The Hall–Kier alpha value is -2.14. The lowest BCUT2D eigenvalue weighted by Crippen LogP contribution is -2.14. The van der Waals surface area contributed by atoms with Crippen LogP contribution in [0.1, 0.15) is 5.69 Å². The van der Waals surface area contributed by atoms with E-state index in [0.29, 0.717) is 22.3 Å². The van der Waals surface area contributed by atoms with Crippen molar-refractivity contribution in [3.8, 4) is 11.4 Å². The van der Waals surface area contributed by atoms with Gasteiger partial charge in [0.1, 0.15) is 0 Å². The van der Waals surface area contributed by atoms with Crippen LogP contribution in [-0.4, -0.2) is 19.6 Å². The van der Waals surface area contributed by atoms with Crippen molar-refractivity contribution in [2.45, 2.75) is 6.92 Å². The summed E-state index contributed by atoms with van der Waals surface area (Å²) >= 11 is 6.09. The van der Waals surface area contributed by atoms with Gasteiger partial charge in [0.2, 0.25) is 0 Å². The number of benzene rings is 1. The first-order valence-electron chi connectivity index (χ1n) is 5.36. The maximum atomic E-state index is 11.7. The molecule has 2 heterocycles. The molecule has 0 fully saturated rings. The molecule has 3 rings (SSSR count). The number of aromatic amines is 1. The zero-order chi connectivity index (χ0) is 12.7. The maximum absolute atomic E-state index is 11.7. The molecule has 5 nitrogen and oxygen atoms in total. The molecule has 0 unspecified atom stereocenters. The van der Waals surface area contributed by atoms with Crippen LogP contribution in [0.3, 0.4) is 0 Å². The normalized spacial score (nSPS) is 11.0. The lowest BCUT2D eigenvalue weighted by Gasteiger charge is -1.97. The Balaban J connectivity index is 2.30. The highest BCUT2D eigenvalue weighted by Gasteiger charge is 2.10. The van der Waals surface area contributed by atoms with Gasteiger partial charge in [-0.3, -0.25) is 9.89 Å². The van der Waals surface area contributed by atoms with Gasteiger partial charge in [0, 0.05) is 17.3 Å². The molecule has 0 aliphatic heterocycles. The van der Waals surface area contributed by atoms with Gasteiger partial charge in [-0.2, -0.15) is 9.50 Å². The highest BCUT2D eigenvalue weighted by Crippen LogP contribution is 2.24. The third kappa shape index (κ3) is 1.69. The summed E-state index contributed by atoms with van der Waals surface area (Å²) in [6, 6.07) is 8.74. The number of halogens is 1. The van der Waals surface area contributed by atoms with Crippen molar-refractivity contribution in [3.05, 3.63) is 51.4 Å². The van der Waals surface area contributed by atoms with E-state index in [4.69, 9.17) is 11.6 Å². The Morgan fingerprint density at radius 3 is 2.83 bits per heavy atom. The predicted octanol–water partition coefficient (Wildman–Crippen LogP) is 2.05. The fraction of sp³-hybridized carbons (Fsp3) is 0.0833. The average Bonchev–Trinajstić information content (AvgIpc) is 2.73. The van der Waals surface area contributed by atoms with Crippen LogP contribution < -0.4 is 5.56 Å². The Morgan fingerprint density at radius 1 is 1.28 bits per heavy atom. The molecule has 0 aliphatic rings. The van der Waals surface area contributed by atoms with Gasteiger partial charge in [0.25, 0.3) is 11.3 Å². The largest absolute Gasteiger partial charge is 0.274 e. The summed E-state index contributed by atoms with van der Waals surface area (Å²) in [6.07, 6.45) is 0. The van der Waals surface area contributed by atoms with Gasteiger partial charge in [-0.05, 0) is 19.1 Å². The van der Waals surface area contributed by atoms with Gasteiger partial charge in [0.15, 0.2) is 5.82 Å². The second-order valence-corrected chi connectivity index (χ2v) is 4.33. The van der Waals surface area contributed by atoms with Crippen LogP contribution >= 0.6 is 11.6 Å². The first-order chi connectivity index (χ1) is 8.65. The van der Waals surface area contributed by atoms with E-state index in [9.17, 15) is 4.79 Å². The average molecular weight is 261 g/mol. The zero-order valence-electron chi connectivity index (χ0n) is 9.51. The van der Waals surface area contributed by atoms with Crippen molar-refractivity contribution in [1.29, 1.82) is 0 Å². The summed E-state index contributed by atoms with van der Waals surface area (Å²) in [5.74, 6) is 0.866. The van der Waals surface area contributed by atoms with E-state index in [1.54, 1.807) is 13.0 Å². The standard InChI is InChI=1S/C12H9ClN4O/c1-7-6-10(18)17-12(14-7)15-11(16-17)8-4-2-3-5-9(8)13/h2-6H,1H3,(H,14,15,16). The molecule has 90 valence electrons. The SMILES string of the molecule is Cc1cc(=O)n2[nH]c(-c3ccccc3Cl)nc2n1. The fourth-order valence-corrected chi connectivity index (χ4v) is 1.99. The zero-order valence-corrected chi connectivity index (χ0v) is 10.3. The molecule has 3 aromatic rings. The molecule has 2 aromatic heterocycles. The van der Waals surface area contributed by atoms with Crippen LogP contribution in [0.5, 0.6) is 0 Å². The number of rotatable bonds is 1. The lowest BCUT2D eigenvalue weighted by atomic mass is 10.2. The second kappa shape index (κ2) is 3.96. The third-order valence-corrected chi connectivity index (χ3v) is 2.92.